The molecular formula is C16H16ClF2N. The van der Waals surface area contributed by atoms with E-state index < -0.39 is 11.6 Å². The Morgan fingerprint density at radius 3 is 2.35 bits per heavy atom. The van der Waals surface area contributed by atoms with Gasteiger partial charge >= 0.3 is 0 Å². The zero-order valence-electron chi connectivity index (χ0n) is 11.2. The largest absolute Gasteiger partial charge is 0.306 e. The summed E-state index contributed by atoms with van der Waals surface area (Å²) in [5, 5.41) is 3.85. The third-order valence-electron chi connectivity index (χ3n) is 3.03. The van der Waals surface area contributed by atoms with Gasteiger partial charge < -0.3 is 5.32 Å². The maximum absolute atomic E-state index is 13.4. The molecule has 0 saturated heterocycles. The molecule has 0 radical (unpaired) electrons. The fourth-order valence-corrected chi connectivity index (χ4v) is 2.39. The number of halogens is 3. The van der Waals surface area contributed by atoms with Gasteiger partial charge in [0.05, 0.1) is 6.04 Å². The van der Waals surface area contributed by atoms with E-state index >= 15 is 0 Å². The molecule has 1 unspecified atom stereocenters. The minimum absolute atomic E-state index is 0.325. The van der Waals surface area contributed by atoms with Crippen LogP contribution in [0.5, 0.6) is 0 Å². The summed E-state index contributed by atoms with van der Waals surface area (Å²) in [5.41, 5.74) is 1.34. The van der Waals surface area contributed by atoms with Gasteiger partial charge in [-0.15, -0.1) is 0 Å². The first-order valence-corrected chi connectivity index (χ1v) is 6.93. The number of hydrogen-bond donors (Lipinski definition) is 1. The fraction of sp³-hybridized carbons (Fsp3) is 0.250. The second-order valence-corrected chi connectivity index (χ2v) is 5.02. The number of rotatable bonds is 5. The monoisotopic (exact) mass is 295 g/mol. The Morgan fingerprint density at radius 2 is 1.75 bits per heavy atom. The van der Waals surface area contributed by atoms with Crippen LogP contribution in [0.3, 0.4) is 0 Å². The quantitative estimate of drug-likeness (QED) is 0.842. The average molecular weight is 296 g/mol. The van der Waals surface area contributed by atoms with Crippen LogP contribution in [0, 0.1) is 11.6 Å². The van der Waals surface area contributed by atoms with Crippen LogP contribution in [0.2, 0.25) is 5.02 Å². The summed E-state index contributed by atoms with van der Waals surface area (Å²) in [6, 6.07) is 10.5. The molecule has 2 aromatic rings. The molecule has 0 heterocycles. The van der Waals surface area contributed by atoms with E-state index in [2.05, 4.69) is 5.32 Å². The van der Waals surface area contributed by atoms with Crippen molar-refractivity contribution >= 4 is 11.6 Å². The highest BCUT2D eigenvalue weighted by Crippen LogP contribution is 2.29. The van der Waals surface area contributed by atoms with E-state index in [0.29, 0.717) is 10.6 Å². The lowest BCUT2D eigenvalue weighted by atomic mass is 9.98. The zero-order chi connectivity index (χ0) is 14.5. The van der Waals surface area contributed by atoms with Crippen molar-refractivity contribution in [2.75, 3.05) is 6.54 Å². The van der Waals surface area contributed by atoms with Gasteiger partial charge in [0, 0.05) is 11.1 Å². The van der Waals surface area contributed by atoms with Gasteiger partial charge in [-0.05, 0) is 42.3 Å². The molecule has 4 heteroatoms. The molecule has 1 N–H and O–H groups in total. The molecule has 0 bridgehead atoms. The predicted molar refractivity (Wildman–Crippen MR) is 77.9 cm³/mol. The summed E-state index contributed by atoms with van der Waals surface area (Å²) in [4.78, 5) is 0. The number of benzene rings is 2. The van der Waals surface area contributed by atoms with Gasteiger partial charge in [-0.3, -0.25) is 0 Å². The van der Waals surface area contributed by atoms with Crippen molar-refractivity contribution in [2.24, 2.45) is 0 Å². The highest BCUT2D eigenvalue weighted by molar-refractivity contribution is 6.31. The molecule has 0 spiro atoms. The van der Waals surface area contributed by atoms with Crippen molar-refractivity contribution in [1.82, 2.24) is 5.32 Å². The molecule has 1 nitrogen and oxygen atoms in total. The van der Waals surface area contributed by atoms with Crippen molar-refractivity contribution in [2.45, 2.75) is 19.4 Å². The Bertz CT molecular complexity index is 566. The van der Waals surface area contributed by atoms with Crippen LogP contribution in [0.25, 0.3) is 0 Å². The van der Waals surface area contributed by atoms with Gasteiger partial charge in [0.15, 0.2) is 0 Å². The molecule has 2 aromatic carbocycles. The van der Waals surface area contributed by atoms with Crippen LogP contribution in [-0.4, -0.2) is 6.54 Å². The van der Waals surface area contributed by atoms with Crippen molar-refractivity contribution in [3.05, 3.63) is 70.2 Å². The Hall–Kier alpha value is -1.45. The topological polar surface area (TPSA) is 12.0 Å². The molecule has 0 aliphatic heterocycles. The molecule has 106 valence electrons. The van der Waals surface area contributed by atoms with Crippen LogP contribution in [-0.2, 0) is 0 Å². The van der Waals surface area contributed by atoms with Gasteiger partial charge in [0.2, 0.25) is 0 Å². The highest BCUT2D eigenvalue weighted by Gasteiger charge is 2.17. The van der Waals surface area contributed by atoms with Crippen LogP contribution in [0.4, 0.5) is 8.78 Å². The molecule has 0 aromatic heterocycles. The van der Waals surface area contributed by atoms with Gasteiger partial charge in [-0.25, -0.2) is 8.78 Å². The van der Waals surface area contributed by atoms with E-state index in [0.717, 1.165) is 24.6 Å². The van der Waals surface area contributed by atoms with Crippen molar-refractivity contribution in [1.29, 1.82) is 0 Å². The third-order valence-corrected chi connectivity index (χ3v) is 3.38. The van der Waals surface area contributed by atoms with Gasteiger partial charge in [-0.2, -0.15) is 0 Å². The Labute approximate surface area is 122 Å². The first-order chi connectivity index (χ1) is 9.61. The van der Waals surface area contributed by atoms with Crippen LogP contribution in [0.15, 0.2) is 42.5 Å². The van der Waals surface area contributed by atoms with E-state index in [9.17, 15) is 8.78 Å². The third kappa shape index (κ3) is 3.56. The van der Waals surface area contributed by atoms with Gasteiger partial charge in [-0.1, -0.05) is 36.7 Å². The Morgan fingerprint density at radius 1 is 1.10 bits per heavy atom. The Kier molecular flexibility index (Phi) is 5.10. The number of nitrogens with one attached hydrogen (secondary N) is 1. The molecule has 0 amide bonds. The lowest BCUT2D eigenvalue weighted by Crippen LogP contribution is -2.23. The summed E-state index contributed by atoms with van der Waals surface area (Å²) < 4.78 is 26.9. The molecule has 2 rings (SSSR count). The summed E-state index contributed by atoms with van der Waals surface area (Å²) in [6.07, 6.45) is 0.915. The van der Waals surface area contributed by atoms with Crippen LogP contribution in [0.1, 0.15) is 30.5 Å². The van der Waals surface area contributed by atoms with E-state index in [1.807, 2.05) is 25.1 Å². The van der Waals surface area contributed by atoms with Crippen LogP contribution >= 0.6 is 11.6 Å². The predicted octanol–water partition coefficient (Wildman–Crippen LogP) is 4.71. The lowest BCUT2D eigenvalue weighted by molar-refractivity contribution is 0.558. The minimum Gasteiger partial charge on any atom is -0.306 e. The summed E-state index contributed by atoms with van der Waals surface area (Å²) in [5.74, 6) is -1.18. The molecule has 0 fully saturated rings. The fourth-order valence-electron chi connectivity index (χ4n) is 2.15. The van der Waals surface area contributed by atoms with E-state index in [4.69, 9.17) is 11.6 Å². The van der Waals surface area contributed by atoms with Crippen LogP contribution < -0.4 is 5.32 Å². The van der Waals surface area contributed by atoms with Crippen molar-refractivity contribution in [3.63, 3.8) is 0 Å². The minimum atomic E-state index is -0.588. The normalized spacial score (nSPS) is 12.4. The molecular weight excluding hydrogens is 280 g/mol. The zero-order valence-corrected chi connectivity index (χ0v) is 11.9. The summed E-state index contributed by atoms with van der Waals surface area (Å²) in [6.45, 7) is 2.76. The summed E-state index contributed by atoms with van der Waals surface area (Å²) >= 11 is 6.20. The van der Waals surface area contributed by atoms with Gasteiger partial charge in [0.1, 0.15) is 11.6 Å². The second-order valence-electron chi connectivity index (χ2n) is 4.61. The SMILES string of the molecule is CCCNC(c1cc(F)cc(F)c1)c1ccccc1Cl. The highest BCUT2D eigenvalue weighted by atomic mass is 35.5. The average Bonchev–Trinajstić information content (AvgIpc) is 2.40. The van der Waals surface area contributed by atoms with Crippen molar-refractivity contribution in [3.8, 4) is 0 Å². The summed E-state index contributed by atoms with van der Waals surface area (Å²) in [7, 11) is 0. The van der Waals surface area contributed by atoms with Gasteiger partial charge in [0.25, 0.3) is 0 Å². The lowest BCUT2D eigenvalue weighted by Gasteiger charge is -2.21. The first-order valence-electron chi connectivity index (χ1n) is 6.55. The Balaban J connectivity index is 2.44. The molecule has 0 aliphatic carbocycles. The van der Waals surface area contributed by atoms with E-state index in [1.54, 1.807) is 6.07 Å². The number of hydrogen-bond acceptors (Lipinski definition) is 1. The standard InChI is InChI=1S/C16H16ClF2N/c1-2-7-20-16(14-5-3-4-6-15(14)17)11-8-12(18)10-13(19)9-11/h3-6,8-10,16,20H,2,7H2,1H3. The maximum Gasteiger partial charge on any atom is 0.126 e. The second kappa shape index (κ2) is 6.82. The molecule has 0 saturated carbocycles. The van der Waals surface area contributed by atoms with Crippen molar-refractivity contribution < 1.29 is 8.78 Å². The molecule has 20 heavy (non-hydrogen) atoms. The smallest absolute Gasteiger partial charge is 0.126 e. The maximum atomic E-state index is 13.4. The first kappa shape index (κ1) is 14.9. The van der Waals surface area contributed by atoms with E-state index in [1.165, 1.54) is 12.1 Å². The molecule has 0 aliphatic rings. The van der Waals surface area contributed by atoms with E-state index in [-0.39, 0.29) is 6.04 Å². The molecule has 1 atom stereocenters.